The van der Waals surface area contributed by atoms with Gasteiger partial charge in [0.15, 0.2) is 0 Å². The molecule has 1 aliphatic heterocycles. The van der Waals surface area contributed by atoms with Gasteiger partial charge in [-0.3, -0.25) is 9.59 Å². The molecule has 0 unspecified atom stereocenters. The number of hydrazone groups is 1. The Bertz CT molecular complexity index is 978. The van der Waals surface area contributed by atoms with E-state index in [0.717, 1.165) is 24.2 Å². The van der Waals surface area contributed by atoms with Crippen molar-refractivity contribution in [1.29, 1.82) is 0 Å². The van der Waals surface area contributed by atoms with Gasteiger partial charge in [0.1, 0.15) is 0 Å². The highest BCUT2D eigenvalue weighted by Crippen LogP contribution is 2.28. The standard InChI is InChI=1S/C23H26N4O2/c1-4-9-22-20(15-24-21-13-7-6-10-17(21)5-2)23(29)27(26-22)19-12-8-11-18(14-19)25-16(3)28/h6-8,10-15,24H,4-5,9H2,1-3H3,(H,25,28)/b20-15+. The lowest BCUT2D eigenvalue weighted by molar-refractivity contribution is -0.115. The molecular formula is C23H26N4O2. The highest BCUT2D eigenvalue weighted by Gasteiger charge is 2.30. The number of aryl methyl sites for hydroxylation is 1. The van der Waals surface area contributed by atoms with Gasteiger partial charge in [-0.2, -0.15) is 10.1 Å². The second kappa shape index (κ2) is 9.19. The van der Waals surface area contributed by atoms with Gasteiger partial charge in [-0.1, -0.05) is 44.5 Å². The molecule has 6 heteroatoms. The number of amides is 2. The van der Waals surface area contributed by atoms with E-state index in [1.54, 1.807) is 30.5 Å². The normalized spacial score (nSPS) is 14.9. The fraction of sp³-hybridized carbons (Fsp3) is 0.261. The van der Waals surface area contributed by atoms with Crippen LogP contribution in [0.15, 0.2) is 65.4 Å². The number of hydrogen-bond acceptors (Lipinski definition) is 4. The number of hydrogen-bond donors (Lipinski definition) is 2. The topological polar surface area (TPSA) is 73.8 Å². The summed E-state index contributed by atoms with van der Waals surface area (Å²) in [5.74, 6) is -0.348. The van der Waals surface area contributed by atoms with E-state index < -0.39 is 0 Å². The summed E-state index contributed by atoms with van der Waals surface area (Å²) in [6.07, 6.45) is 4.24. The molecule has 2 N–H and O–H groups in total. The second-order valence-corrected chi connectivity index (χ2v) is 6.86. The molecule has 0 radical (unpaired) electrons. The summed E-state index contributed by atoms with van der Waals surface area (Å²) < 4.78 is 0. The highest BCUT2D eigenvalue weighted by atomic mass is 16.2. The number of carbonyl (C=O) groups is 2. The molecule has 0 aliphatic carbocycles. The predicted octanol–water partition coefficient (Wildman–Crippen LogP) is 4.71. The summed E-state index contributed by atoms with van der Waals surface area (Å²) in [6.45, 7) is 5.61. The Kier molecular flexibility index (Phi) is 6.44. The summed E-state index contributed by atoms with van der Waals surface area (Å²) in [5.41, 5.74) is 4.72. The molecule has 29 heavy (non-hydrogen) atoms. The molecule has 0 saturated heterocycles. The molecule has 0 spiro atoms. The number of rotatable bonds is 7. The third-order valence-electron chi connectivity index (χ3n) is 4.62. The summed E-state index contributed by atoms with van der Waals surface area (Å²) in [7, 11) is 0. The minimum atomic E-state index is -0.185. The van der Waals surface area contributed by atoms with Crippen LogP contribution in [0.2, 0.25) is 0 Å². The SMILES string of the molecule is CCCC1=NN(c2cccc(NC(C)=O)c2)C(=O)/C1=C/Nc1ccccc1CC. The molecule has 1 aliphatic rings. The zero-order valence-electron chi connectivity index (χ0n) is 17.0. The summed E-state index contributed by atoms with van der Waals surface area (Å²) in [6, 6.07) is 15.2. The lowest BCUT2D eigenvalue weighted by atomic mass is 10.1. The molecule has 2 aromatic rings. The number of nitrogens with one attached hydrogen (secondary N) is 2. The van der Waals surface area contributed by atoms with Crippen LogP contribution in [-0.4, -0.2) is 17.5 Å². The number of anilines is 3. The first kappa shape index (κ1) is 20.3. The molecule has 2 amide bonds. The minimum absolute atomic E-state index is 0.163. The Labute approximate surface area is 171 Å². The molecule has 2 aromatic carbocycles. The first-order valence-electron chi connectivity index (χ1n) is 9.88. The van der Waals surface area contributed by atoms with Gasteiger partial charge in [0, 0.05) is 24.5 Å². The maximum Gasteiger partial charge on any atom is 0.282 e. The Hall–Kier alpha value is -3.41. The maximum absolute atomic E-state index is 13.1. The summed E-state index contributed by atoms with van der Waals surface area (Å²) in [5, 5.41) is 12.0. The quantitative estimate of drug-likeness (QED) is 0.673. The van der Waals surface area contributed by atoms with Crippen LogP contribution in [0.4, 0.5) is 17.1 Å². The monoisotopic (exact) mass is 390 g/mol. The average Bonchev–Trinajstić information content (AvgIpc) is 3.02. The van der Waals surface area contributed by atoms with Crippen LogP contribution in [0.5, 0.6) is 0 Å². The second-order valence-electron chi connectivity index (χ2n) is 6.86. The van der Waals surface area contributed by atoms with Crippen molar-refractivity contribution in [2.45, 2.75) is 40.0 Å². The Morgan fingerprint density at radius 2 is 1.93 bits per heavy atom. The lowest BCUT2D eigenvalue weighted by Crippen LogP contribution is -2.22. The van der Waals surface area contributed by atoms with Gasteiger partial charge in [0.25, 0.3) is 5.91 Å². The van der Waals surface area contributed by atoms with Crippen molar-refractivity contribution >= 4 is 34.6 Å². The van der Waals surface area contributed by atoms with E-state index in [2.05, 4.69) is 35.6 Å². The van der Waals surface area contributed by atoms with Crippen LogP contribution in [-0.2, 0) is 16.0 Å². The third kappa shape index (κ3) is 4.71. The molecule has 0 aromatic heterocycles. The molecule has 0 fully saturated rings. The number of nitrogens with zero attached hydrogens (tertiary/aromatic N) is 2. The number of benzene rings is 2. The van der Waals surface area contributed by atoms with Crippen LogP contribution in [0, 0.1) is 0 Å². The van der Waals surface area contributed by atoms with E-state index in [0.29, 0.717) is 23.4 Å². The van der Waals surface area contributed by atoms with Gasteiger partial charge in [-0.15, -0.1) is 0 Å². The van der Waals surface area contributed by atoms with Gasteiger partial charge in [0.2, 0.25) is 5.91 Å². The van der Waals surface area contributed by atoms with Crippen molar-refractivity contribution in [2.24, 2.45) is 5.10 Å². The van der Waals surface area contributed by atoms with Crippen molar-refractivity contribution in [3.05, 3.63) is 65.9 Å². The van der Waals surface area contributed by atoms with Crippen molar-refractivity contribution in [1.82, 2.24) is 0 Å². The van der Waals surface area contributed by atoms with Crippen LogP contribution < -0.4 is 15.6 Å². The molecular weight excluding hydrogens is 364 g/mol. The van der Waals surface area contributed by atoms with Gasteiger partial charge in [-0.05, 0) is 42.7 Å². The van der Waals surface area contributed by atoms with Crippen LogP contribution in [0.3, 0.4) is 0 Å². The summed E-state index contributed by atoms with van der Waals surface area (Å²) >= 11 is 0. The van der Waals surface area contributed by atoms with Crippen LogP contribution >= 0.6 is 0 Å². The number of para-hydroxylation sites is 1. The van der Waals surface area contributed by atoms with Crippen molar-refractivity contribution in [2.75, 3.05) is 15.6 Å². The zero-order valence-corrected chi connectivity index (χ0v) is 17.0. The fourth-order valence-electron chi connectivity index (χ4n) is 3.24. The highest BCUT2D eigenvalue weighted by molar-refractivity contribution is 6.30. The van der Waals surface area contributed by atoms with E-state index in [4.69, 9.17) is 0 Å². The minimum Gasteiger partial charge on any atom is -0.361 e. The Balaban J connectivity index is 1.89. The molecule has 1 heterocycles. The average molecular weight is 390 g/mol. The molecule has 6 nitrogen and oxygen atoms in total. The molecule has 0 bridgehead atoms. The fourth-order valence-corrected chi connectivity index (χ4v) is 3.24. The lowest BCUT2D eigenvalue weighted by Gasteiger charge is -2.13. The van der Waals surface area contributed by atoms with Crippen molar-refractivity contribution in [3.63, 3.8) is 0 Å². The van der Waals surface area contributed by atoms with E-state index in [1.165, 1.54) is 17.5 Å². The van der Waals surface area contributed by atoms with E-state index >= 15 is 0 Å². The smallest absolute Gasteiger partial charge is 0.282 e. The Morgan fingerprint density at radius 1 is 1.14 bits per heavy atom. The number of carbonyl (C=O) groups excluding carboxylic acids is 2. The maximum atomic E-state index is 13.1. The summed E-state index contributed by atoms with van der Waals surface area (Å²) in [4.78, 5) is 24.5. The Morgan fingerprint density at radius 3 is 2.66 bits per heavy atom. The van der Waals surface area contributed by atoms with Gasteiger partial charge < -0.3 is 10.6 Å². The molecule has 0 saturated carbocycles. The molecule has 0 atom stereocenters. The molecule has 3 rings (SSSR count). The van der Waals surface area contributed by atoms with E-state index in [-0.39, 0.29) is 11.8 Å². The molecule has 150 valence electrons. The third-order valence-corrected chi connectivity index (χ3v) is 4.62. The van der Waals surface area contributed by atoms with Crippen LogP contribution in [0.1, 0.15) is 39.2 Å². The van der Waals surface area contributed by atoms with Gasteiger partial charge in [0.05, 0.1) is 17.0 Å². The zero-order chi connectivity index (χ0) is 20.8. The van der Waals surface area contributed by atoms with Crippen molar-refractivity contribution in [3.8, 4) is 0 Å². The van der Waals surface area contributed by atoms with E-state index in [9.17, 15) is 9.59 Å². The first-order chi connectivity index (χ1) is 14.0. The predicted molar refractivity (Wildman–Crippen MR) is 118 cm³/mol. The largest absolute Gasteiger partial charge is 0.361 e. The van der Waals surface area contributed by atoms with Crippen molar-refractivity contribution < 1.29 is 9.59 Å². The van der Waals surface area contributed by atoms with Gasteiger partial charge >= 0.3 is 0 Å². The van der Waals surface area contributed by atoms with E-state index in [1.807, 2.05) is 18.2 Å². The first-order valence-corrected chi connectivity index (χ1v) is 9.88. The van der Waals surface area contributed by atoms with Gasteiger partial charge in [-0.25, -0.2) is 0 Å². The van der Waals surface area contributed by atoms with Crippen LogP contribution in [0.25, 0.3) is 0 Å².